The van der Waals surface area contributed by atoms with Gasteiger partial charge in [-0.15, -0.1) is 0 Å². The Morgan fingerprint density at radius 2 is 2.24 bits per heavy atom. The average Bonchev–Trinajstić information content (AvgIpc) is 2.28. The molecule has 5 atom stereocenters. The highest BCUT2D eigenvalue weighted by atomic mass is 16.5. The van der Waals surface area contributed by atoms with Gasteiger partial charge >= 0.3 is 0 Å². The molecular formula is C15H24O2. The van der Waals surface area contributed by atoms with Gasteiger partial charge in [0.25, 0.3) is 0 Å². The van der Waals surface area contributed by atoms with Crippen molar-refractivity contribution in [1.82, 2.24) is 0 Å². The lowest BCUT2D eigenvalue weighted by molar-refractivity contribution is -0.148. The van der Waals surface area contributed by atoms with E-state index in [1.54, 1.807) is 0 Å². The normalized spacial score (nSPS) is 46.1. The Labute approximate surface area is 104 Å². The van der Waals surface area contributed by atoms with Gasteiger partial charge in [-0.2, -0.15) is 0 Å². The lowest BCUT2D eigenvalue weighted by atomic mass is 9.56. The van der Waals surface area contributed by atoms with Crippen molar-refractivity contribution < 1.29 is 9.84 Å². The van der Waals surface area contributed by atoms with E-state index in [0.29, 0.717) is 24.4 Å². The molecule has 2 bridgehead atoms. The van der Waals surface area contributed by atoms with Gasteiger partial charge in [-0.1, -0.05) is 37.6 Å². The van der Waals surface area contributed by atoms with Crippen molar-refractivity contribution in [2.75, 3.05) is 13.2 Å². The van der Waals surface area contributed by atoms with Crippen molar-refractivity contribution in [1.29, 1.82) is 0 Å². The number of hydrogen-bond acceptors (Lipinski definition) is 2. The van der Waals surface area contributed by atoms with Crippen LogP contribution in [0.2, 0.25) is 0 Å². The summed E-state index contributed by atoms with van der Waals surface area (Å²) in [6, 6.07) is 0. The third kappa shape index (κ3) is 1.78. The molecule has 1 N–H and O–H groups in total. The topological polar surface area (TPSA) is 29.5 Å². The van der Waals surface area contributed by atoms with Crippen molar-refractivity contribution in [3.8, 4) is 0 Å². The minimum Gasteiger partial charge on any atom is -0.396 e. The van der Waals surface area contributed by atoms with Gasteiger partial charge in [-0.05, 0) is 25.7 Å². The zero-order chi connectivity index (χ0) is 12.6. The van der Waals surface area contributed by atoms with Crippen molar-refractivity contribution in [2.24, 2.45) is 23.2 Å². The predicted octanol–water partition coefficient (Wildman–Crippen LogP) is 2.79. The van der Waals surface area contributed by atoms with Crippen LogP contribution in [0.5, 0.6) is 0 Å². The Kier molecular flexibility index (Phi) is 3.46. The molecule has 0 radical (unpaired) electrons. The molecule has 0 aromatic heterocycles. The van der Waals surface area contributed by atoms with E-state index in [4.69, 9.17) is 4.74 Å². The molecule has 1 saturated heterocycles. The van der Waals surface area contributed by atoms with Crippen LogP contribution >= 0.6 is 0 Å². The highest BCUT2D eigenvalue weighted by molar-refractivity contribution is 5.22. The molecular weight excluding hydrogens is 212 g/mol. The van der Waals surface area contributed by atoms with E-state index in [-0.39, 0.29) is 18.1 Å². The zero-order valence-electron chi connectivity index (χ0n) is 11.3. The van der Waals surface area contributed by atoms with Crippen LogP contribution in [0.25, 0.3) is 0 Å². The maximum atomic E-state index is 9.81. The maximum Gasteiger partial charge on any atom is 0.0823 e. The second-order valence-corrected chi connectivity index (χ2v) is 5.71. The van der Waals surface area contributed by atoms with Crippen LogP contribution in [-0.2, 0) is 4.74 Å². The monoisotopic (exact) mass is 236 g/mol. The molecule has 17 heavy (non-hydrogen) atoms. The summed E-state index contributed by atoms with van der Waals surface area (Å²) in [5.41, 5.74) is 1.33. The third-order valence-electron chi connectivity index (χ3n) is 4.97. The van der Waals surface area contributed by atoms with Crippen LogP contribution in [0, 0.1) is 23.2 Å². The molecule has 1 aliphatic carbocycles. The van der Waals surface area contributed by atoms with Crippen LogP contribution in [-0.4, -0.2) is 24.4 Å². The molecule has 2 aliphatic rings. The first-order chi connectivity index (χ1) is 8.06. The van der Waals surface area contributed by atoms with E-state index in [1.807, 2.05) is 6.92 Å². The molecule has 0 aromatic carbocycles. The van der Waals surface area contributed by atoms with Crippen LogP contribution in [0.15, 0.2) is 23.8 Å². The summed E-state index contributed by atoms with van der Waals surface area (Å²) in [5.74, 6) is 1.29. The Hall–Kier alpha value is -0.600. The van der Waals surface area contributed by atoms with Crippen molar-refractivity contribution in [3.05, 3.63) is 23.8 Å². The fraction of sp³-hybridized carbons (Fsp3) is 0.733. The van der Waals surface area contributed by atoms with Crippen LogP contribution in [0.3, 0.4) is 0 Å². The van der Waals surface area contributed by atoms with Crippen LogP contribution < -0.4 is 0 Å². The van der Waals surface area contributed by atoms with Gasteiger partial charge < -0.3 is 9.84 Å². The number of aliphatic hydroxyl groups is 1. The van der Waals surface area contributed by atoms with Crippen molar-refractivity contribution >= 4 is 0 Å². The molecule has 1 fully saturated rings. The molecule has 0 saturated carbocycles. The molecule has 0 unspecified atom stereocenters. The van der Waals surface area contributed by atoms with Crippen LogP contribution in [0.4, 0.5) is 0 Å². The van der Waals surface area contributed by atoms with Crippen molar-refractivity contribution in [2.45, 2.75) is 33.8 Å². The van der Waals surface area contributed by atoms with Gasteiger partial charge in [0.15, 0.2) is 0 Å². The number of aliphatic hydroxyl groups excluding tert-OH is 1. The van der Waals surface area contributed by atoms with Gasteiger partial charge in [0.2, 0.25) is 0 Å². The summed E-state index contributed by atoms with van der Waals surface area (Å²) in [5, 5.41) is 9.81. The van der Waals surface area contributed by atoms with Crippen molar-refractivity contribution in [3.63, 3.8) is 0 Å². The predicted molar refractivity (Wildman–Crippen MR) is 69.6 cm³/mol. The largest absolute Gasteiger partial charge is 0.396 e. The molecule has 2 rings (SSSR count). The van der Waals surface area contributed by atoms with E-state index < -0.39 is 0 Å². The summed E-state index contributed by atoms with van der Waals surface area (Å²) >= 11 is 0. The lowest BCUT2D eigenvalue weighted by Gasteiger charge is -2.54. The zero-order valence-corrected chi connectivity index (χ0v) is 11.3. The number of allylic oxidation sites excluding steroid dienone is 2. The summed E-state index contributed by atoms with van der Waals surface area (Å²) in [7, 11) is 0. The maximum absolute atomic E-state index is 9.81. The highest BCUT2D eigenvalue weighted by Gasteiger charge is 2.52. The highest BCUT2D eigenvalue weighted by Crippen LogP contribution is 2.52. The molecule has 1 heterocycles. The fourth-order valence-corrected chi connectivity index (χ4v) is 3.70. The summed E-state index contributed by atoms with van der Waals surface area (Å²) in [6.45, 7) is 9.59. The molecule has 1 aliphatic heterocycles. The number of hydrogen-bond donors (Lipinski definition) is 1. The molecule has 0 spiro atoms. The average molecular weight is 236 g/mol. The van der Waals surface area contributed by atoms with E-state index in [2.05, 4.69) is 39.0 Å². The smallest absolute Gasteiger partial charge is 0.0823 e. The Morgan fingerprint density at radius 1 is 1.53 bits per heavy atom. The van der Waals surface area contributed by atoms with Gasteiger partial charge in [0, 0.05) is 11.3 Å². The SMILES string of the molecule is C/C=C/[C@@H]1OC[C@@]2(CO)[C@H](C)C=C(C)[C@H]1[C@H]2C. The standard InChI is InChI=1S/C15H24O2/c1-5-6-13-14-10(2)7-11(3)15(8-16,9-17-13)12(14)4/h5-7,11-14,16H,8-9H2,1-4H3/b6-5+/t11-,12-,13+,14+,15+/m1/s1. The van der Waals surface area contributed by atoms with Gasteiger partial charge in [-0.3, -0.25) is 0 Å². The summed E-state index contributed by atoms with van der Waals surface area (Å²) in [4.78, 5) is 0. The number of ether oxygens (including phenoxy) is 1. The minimum absolute atomic E-state index is 0.0811. The summed E-state index contributed by atoms with van der Waals surface area (Å²) < 4.78 is 6.00. The first-order valence-corrected chi connectivity index (χ1v) is 6.60. The van der Waals surface area contributed by atoms with E-state index in [9.17, 15) is 5.11 Å². The fourth-order valence-electron chi connectivity index (χ4n) is 3.70. The van der Waals surface area contributed by atoms with Gasteiger partial charge in [-0.25, -0.2) is 0 Å². The van der Waals surface area contributed by atoms with Crippen LogP contribution in [0.1, 0.15) is 27.7 Å². The molecule has 96 valence electrons. The van der Waals surface area contributed by atoms with E-state index in [0.717, 1.165) is 0 Å². The Bertz CT molecular complexity index is 345. The lowest BCUT2D eigenvalue weighted by Crippen LogP contribution is -2.55. The molecule has 0 aromatic rings. The third-order valence-corrected chi connectivity index (χ3v) is 4.97. The first-order valence-electron chi connectivity index (χ1n) is 6.60. The van der Waals surface area contributed by atoms with Gasteiger partial charge in [0.05, 0.1) is 19.3 Å². The Balaban J connectivity index is 2.40. The number of rotatable bonds is 2. The Morgan fingerprint density at radius 3 is 2.82 bits per heavy atom. The number of fused-ring (bicyclic) bond motifs is 2. The first kappa shape index (κ1) is 12.8. The second kappa shape index (κ2) is 4.58. The quantitative estimate of drug-likeness (QED) is 0.747. The molecule has 2 nitrogen and oxygen atoms in total. The molecule has 2 heteroatoms. The summed E-state index contributed by atoms with van der Waals surface area (Å²) in [6.07, 6.45) is 6.73. The molecule has 0 amide bonds. The second-order valence-electron chi connectivity index (χ2n) is 5.71. The van der Waals surface area contributed by atoms with Gasteiger partial charge in [0.1, 0.15) is 0 Å². The van der Waals surface area contributed by atoms with E-state index in [1.165, 1.54) is 5.57 Å². The van der Waals surface area contributed by atoms with E-state index >= 15 is 0 Å². The minimum atomic E-state index is -0.0811.